The molecule has 94 valence electrons. The average molecular weight is 224 g/mol. The summed E-state index contributed by atoms with van der Waals surface area (Å²) in [6.07, 6.45) is 6.84. The smallest absolute Gasteiger partial charge is 0.0111 e. The highest BCUT2D eigenvalue weighted by molar-refractivity contribution is 4.92. The second-order valence-electron chi connectivity index (χ2n) is 6.50. The van der Waals surface area contributed by atoms with Crippen LogP contribution in [0.1, 0.15) is 52.9 Å². The molecule has 2 aliphatic rings. The predicted molar refractivity (Wildman–Crippen MR) is 69.7 cm³/mol. The van der Waals surface area contributed by atoms with Crippen molar-refractivity contribution in [1.29, 1.82) is 0 Å². The minimum absolute atomic E-state index is 0.564. The van der Waals surface area contributed by atoms with Crippen LogP contribution in [0.5, 0.6) is 0 Å². The Morgan fingerprint density at radius 2 is 2.12 bits per heavy atom. The van der Waals surface area contributed by atoms with E-state index in [1.807, 2.05) is 0 Å². The number of rotatable bonds is 4. The van der Waals surface area contributed by atoms with Crippen molar-refractivity contribution < 1.29 is 0 Å². The van der Waals surface area contributed by atoms with Gasteiger partial charge in [-0.05, 0) is 50.6 Å². The van der Waals surface area contributed by atoms with Gasteiger partial charge in [-0.2, -0.15) is 0 Å². The number of hydrogen-bond acceptors (Lipinski definition) is 2. The molecule has 0 aromatic rings. The standard InChI is InChI=1S/C14H28N2/c1-4-8-15-12-5-6-13(10-12)16-9-7-14(2,3)11-16/h12-13,15H,4-11H2,1-3H3. The Hall–Kier alpha value is -0.0800. The van der Waals surface area contributed by atoms with Crippen LogP contribution >= 0.6 is 0 Å². The van der Waals surface area contributed by atoms with Crippen LogP contribution in [0.3, 0.4) is 0 Å². The first kappa shape index (κ1) is 12.4. The van der Waals surface area contributed by atoms with Gasteiger partial charge in [-0.15, -0.1) is 0 Å². The van der Waals surface area contributed by atoms with E-state index in [4.69, 9.17) is 0 Å². The molecular formula is C14H28N2. The Morgan fingerprint density at radius 1 is 1.31 bits per heavy atom. The molecule has 1 saturated heterocycles. The third-order valence-electron chi connectivity index (χ3n) is 4.31. The van der Waals surface area contributed by atoms with Gasteiger partial charge in [-0.3, -0.25) is 4.90 Å². The van der Waals surface area contributed by atoms with E-state index >= 15 is 0 Å². The largest absolute Gasteiger partial charge is 0.314 e. The predicted octanol–water partition coefficient (Wildman–Crippen LogP) is 2.64. The van der Waals surface area contributed by atoms with Gasteiger partial charge in [-0.1, -0.05) is 20.8 Å². The van der Waals surface area contributed by atoms with Crippen molar-refractivity contribution in [2.75, 3.05) is 19.6 Å². The molecule has 0 spiro atoms. The van der Waals surface area contributed by atoms with Crippen molar-refractivity contribution >= 4 is 0 Å². The fourth-order valence-electron chi connectivity index (χ4n) is 3.29. The van der Waals surface area contributed by atoms with Crippen LogP contribution in [0, 0.1) is 5.41 Å². The Labute approximate surface area is 101 Å². The molecule has 1 N–H and O–H groups in total. The molecular weight excluding hydrogens is 196 g/mol. The van der Waals surface area contributed by atoms with E-state index in [1.165, 1.54) is 51.7 Å². The number of nitrogens with zero attached hydrogens (tertiary/aromatic N) is 1. The van der Waals surface area contributed by atoms with E-state index in [0.29, 0.717) is 5.41 Å². The highest BCUT2D eigenvalue weighted by atomic mass is 15.2. The molecule has 2 unspecified atom stereocenters. The first-order valence-electron chi connectivity index (χ1n) is 7.08. The van der Waals surface area contributed by atoms with Gasteiger partial charge in [0.1, 0.15) is 0 Å². The van der Waals surface area contributed by atoms with E-state index in [0.717, 1.165) is 12.1 Å². The fraction of sp³-hybridized carbons (Fsp3) is 1.00. The average Bonchev–Trinajstić information content (AvgIpc) is 2.81. The summed E-state index contributed by atoms with van der Waals surface area (Å²) in [7, 11) is 0. The van der Waals surface area contributed by atoms with Crippen molar-refractivity contribution in [1.82, 2.24) is 10.2 Å². The number of nitrogens with one attached hydrogen (secondary N) is 1. The molecule has 1 heterocycles. The fourth-order valence-corrected chi connectivity index (χ4v) is 3.29. The molecule has 1 aliphatic carbocycles. The maximum absolute atomic E-state index is 3.68. The molecule has 2 nitrogen and oxygen atoms in total. The Balaban J connectivity index is 1.76. The molecule has 2 atom stereocenters. The van der Waals surface area contributed by atoms with E-state index in [9.17, 15) is 0 Å². The van der Waals surface area contributed by atoms with E-state index in [-0.39, 0.29) is 0 Å². The van der Waals surface area contributed by atoms with Gasteiger partial charge in [0.05, 0.1) is 0 Å². The van der Waals surface area contributed by atoms with Crippen LogP contribution in [-0.4, -0.2) is 36.6 Å². The lowest BCUT2D eigenvalue weighted by molar-refractivity contribution is 0.217. The SMILES string of the molecule is CCCNC1CCC(N2CCC(C)(C)C2)C1. The highest BCUT2D eigenvalue weighted by Gasteiger charge is 2.36. The van der Waals surface area contributed by atoms with Crippen LogP contribution in [-0.2, 0) is 0 Å². The third kappa shape index (κ3) is 2.98. The topological polar surface area (TPSA) is 15.3 Å². The first-order chi connectivity index (χ1) is 7.61. The number of likely N-dealkylation sites (tertiary alicyclic amines) is 1. The lowest BCUT2D eigenvalue weighted by atomic mass is 9.93. The lowest BCUT2D eigenvalue weighted by Crippen LogP contribution is -2.35. The molecule has 1 aliphatic heterocycles. The van der Waals surface area contributed by atoms with Gasteiger partial charge in [0.25, 0.3) is 0 Å². The molecule has 0 bridgehead atoms. The lowest BCUT2D eigenvalue weighted by Gasteiger charge is -2.26. The van der Waals surface area contributed by atoms with Gasteiger partial charge in [0.2, 0.25) is 0 Å². The molecule has 0 aromatic carbocycles. The summed E-state index contributed by atoms with van der Waals surface area (Å²) in [5, 5.41) is 3.68. The number of hydrogen-bond donors (Lipinski definition) is 1. The van der Waals surface area contributed by atoms with Crippen LogP contribution in [0.15, 0.2) is 0 Å². The van der Waals surface area contributed by atoms with Crippen LogP contribution < -0.4 is 5.32 Å². The second-order valence-corrected chi connectivity index (χ2v) is 6.50. The molecule has 2 heteroatoms. The van der Waals surface area contributed by atoms with Crippen molar-refractivity contribution in [3.05, 3.63) is 0 Å². The van der Waals surface area contributed by atoms with Crippen LogP contribution in [0.4, 0.5) is 0 Å². The summed E-state index contributed by atoms with van der Waals surface area (Å²) in [6, 6.07) is 1.67. The molecule has 0 radical (unpaired) electrons. The van der Waals surface area contributed by atoms with Crippen molar-refractivity contribution in [2.24, 2.45) is 5.41 Å². The summed E-state index contributed by atoms with van der Waals surface area (Å²) in [5.41, 5.74) is 0.564. The maximum atomic E-state index is 3.68. The van der Waals surface area contributed by atoms with Gasteiger partial charge in [0, 0.05) is 18.6 Å². The second kappa shape index (κ2) is 5.05. The van der Waals surface area contributed by atoms with Crippen molar-refractivity contribution in [3.8, 4) is 0 Å². The third-order valence-corrected chi connectivity index (χ3v) is 4.31. The zero-order valence-corrected chi connectivity index (χ0v) is 11.3. The monoisotopic (exact) mass is 224 g/mol. The van der Waals surface area contributed by atoms with Crippen LogP contribution in [0.25, 0.3) is 0 Å². The van der Waals surface area contributed by atoms with Crippen molar-refractivity contribution in [2.45, 2.75) is 65.0 Å². The summed E-state index contributed by atoms with van der Waals surface area (Å²) >= 11 is 0. The summed E-state index contributed by atoms with van der Waals surface area (Å²) in [5.74, 6) is 0. The van der Waals surface area contributed by atoms with Gasteiger partial charge >= 0.3 is 0 Å². The zero-order valence-electron chi connectivity index (χ0n) is 11.3. The minimum Gasteiger partial charge on any atom is -0.314 e. The van der Waals surface area contributed by atoms with Crippen molar-refractivity contribution in [3.63, 3.8) is 0 Å². The molecule has 2 rings (SSSR count). The Bertz CT molecular complexity index is 225. The normalized spacial score (nSPS) is 34.7. The first-order valence-corrected chi connectivity index (χ1v) is 7.08. The molecule has 0 aromatic heterocycles. The molecule has 2 fully saturated rings. The van der Waals surface area contributed by atoms with Gasteiger partial charge in [-0.25, -0.2) is 0 Å². The Kier molecular flexibility index (Phi) is 3.91. The van der Waals surface area contributed by atoms with E-state index in [2.05, 4.69) is 31.0 Å². The summed E-state index contributed by atoms with van der Waals surface area (Å²) in [4.78, 5) is 2.74. The summed E-state index contributed by atoms with van der Waals surface area (Å²) in [6.45, 7) is 10.9. The molecule has 16 heavy (non-hydrogen) atoms. The van der Waals surface area contributed by atoms with E-state index in [1.54, 1.807) is 0 Å². The molecule has 1 saturated carbocycles. The van der Waals surface area contributed by atoms with Crippen LogP contribution in [0.2, 0.25) is 0 Å². The molecule has 0 amide bonds. The summed E-state index contributed by atoms with van der Waals surface area (Å²) < 4.78 is 0. The van der Waals surface area contributed by atoms with Gasteiger partial charge in [0.15, 0.2) is 0 Å². The highest BCUT2D eigenvalue weighted by Crippen LogP contribution is 2.34. The minimum atomic E-state index is 0.564. The van der Waals surface area contributed by atoms with E-state index < -0.39 is 0 Å². The maximum Gasteiger partial charge on any atom is 0.0111 e. The Morgan fingerprint density at radius 3 is 2.75 bits per heavy atom. The quantitative estimate of drug-likeness (QED) is 0.790. The zero-order chi connectivity index (χ0) is 11.6. The van der Waals surface area contributed by atoms with Gasteiger partial charge < -0.3 is 5.32 Å².